The molecule has 0 saturated heterocycles. The van der Waals surface area contributed by atoms with E-state index in [4.69, 9.17) is 14.2 Å². The second-order valence-electron chi connectivity index (χ2n) is 22.0. The second-order valence-corrected chi connectivity index (χ2v) is 22.0. The molecule has 0 aliphatic carbocycles. The summed E-state index contributed by atoms with van der Waals surface area (Å²) < 4.78 is 16.9. The fraction of sp³-hybridized carbons (Fsp3) is 0.667. The van der Waals surface area contributed by atoms with Crippen molar-refractivity contribution in [3.05, 3.63) is 134 Å². The van der Waals surface area contributed by atoms with Crippen molar-refractivity contribution < 1.29 is 28.6 Å². The summed E-state index contributed by atoms with van der Waals surface area (Å²) in [5.41, 5.74) is 0. The first-order valence-electron chi connectivity index (χ1n) is 33.7. The number of hydrogen-bond acceptors (Lipinski definition) is 6. The number of rotatable bonds is 60. The van der Waals surface area contributed by atoms with Gasteiger partial charge in [0.25, 0.3) is 0 Å². The molecule has 0 saturated carbocycles. The van der Waals surface area contributed by atoms with Crippen LogP contribution in [0.1, 0.15) is 303 Å². The van der Waals surface area contributed by atoms with Crippen LogP contribution in [0.3, 0.4) is 0 Å². The van der Waals surface area contributed by atoms with Crippen molar-refractivity contribution in [3.63, 3.8) is 0 Å². The lowest BCUT2D eigenvalue weighted by molar-refractivity contribution is -0.167. The molecule has 6 nitrogen and oxygen atoms in total. The molecule has 0 aromatic heterocycles. The number of carbonyl (C=O) groups excluding carboxylic acids is 3. The molecule has 0 rings (SSSR count). The maximum atomic E-state index is 12.9. The van der Waals surface area contributed by atoms with Gasteiger partial charge >= 0.3 is 17.9 Å². The predicted octanol–water partition coefficient (Wildman–Crippen LogP) is 23.3. The Morgan fingerprint density at radius 2 is 0.481 bits per heavy atom. The maximum Gasteiger partial charge on any atom is 0.306 e. The molecule has 0 heterocycles. The zero-order valence-electron chi connectivity index (χ0n) is 52.8. The molecule has 460 valence electrons. The Bertz CT molecular complexity index is 1720. The number of carbonyl (C=O) groups is 3. The van der Waals surface area contributed by atoms with E-state index in [1.165, 1.54) is 103 Å². The van der Waals surface area contributed by atoms with E-state index in [9.17, 15) is 14.4 Å². The predicted molar refractivity (Wildman–Crippen MR) is 353 cm³/mol. The maximum absolute atomic E-state index is 12.9. The smallest absolute Gasteiger partial charge is 0.306 e. The van der Waals surface area contributed by atoms with Crippen LogP contribution in [0.15, 0.2) is 134 Å². The van der Waals surface area contributed by atoms with Crippen LogP contribution in [-0.2, 0) is 28.6 Å². The third-order valence-corrected chi connectivity index (χ3v) is 14.2. The van der Waals surface area contributed by atoms with Crippen LogP contribution in [-0.4, -0.2) is 37.2 Å². The van der Waals surface area contributed by atoms with Crippen molar-refractivity contribution in [3.8, 4) is 0 Å². The first kappa shape index (κ1) is 76.5. The summed E-state index contributed by atoms with van der Waals surface area (Å²) in [6, 6.07) is 0. The molecule has 0 fully saturated rings. The van der Waals surface area contributed by atoms with Gasteiger partial charge in [-0.15, -0.1) is 0 Å². The van der Waals surface area contributed by atoms with Crippen LogP contribution in [0, 0.1) is 0 Å². The van der Waals surface area contributed by atoms with Gasteiger partial charge in [0.05, 0.1) is 0 Å². The zero-order chi connectivity index (χ0) is 58.5. The number of hydrogen-bond donors (Lipinski definition) is 0. The molecular weight excluding hydrogens is 997 g/mol. The van der Waals surface area contributed by atoms with Gasteiger partial charge in [-0.1, -0.05) is 302 Å². The molecule has 0 aliphatic rings. The van der Waals surface area contributed by atoms with Crippen molar-refractivity contribution in [1.82, 2.24) is 0 Å². The number of allylic oxidation sites excluding steroid dienone is 22. The van der Waals surface area contributed by atoms with Crippen LogP contribution in [0.2, 0.25) is 0 Å². The highest BCUT2D eigenvalue weighted by Gasteiger charge is 2.19. The third-order valence-electron chi connectivity index (χ3n) is 14.2. The van der Waals surface area contributed by atoms with E-state index in [2.05, 4.69) is 154 Å². The zero-order valence-corrected chi connectivity index (χ0v) is 52.8. The highest BCUT2D eigenvalue weighted by atomic mass is 16.6. The van der Waals surface area contributed by atoms with Crippen molar-refractivity contribution in [2.75, 3.05) is 13.2 Å². The minimum atomic E-state index is -0.800. The Morgan fingerprint density at radius 3 is 0.753 bits per heavy atom. The van der Waals surface area contributed by atoms with Gasteiger partial charge in [-0.05, 0) is 116 Å². The molecule has 1 atom stereocenters. The number of esters is 3. The average Bonchev–Trinajstić information content (AvgIpc) is 3.47. The summed E-state index contributed by atoms with van der Waals surface area (Å²) in [5, 5.41) is 0. The van der Waals surface area contributed by atoms with Crippen LogP contribution in [0.25, 0.3) is 0 Å². The normalized spacial score (nSPS) is 13.0. The molecule has 0 bridgehead atoms. The molecule has 0 radical (unpaired) electrons. The highest BCUT2D eigenvalue weighted by Crippen LogP contribution is 2.16. The summed E-state index contributed by atoms with van der Waals surface area (Å²) in [7, 11) is 0. The van der Waals surface area contributed by atoms with E-state index < -0.39 is 6.10 Å². The molecule has 6 heteroatoms. The largest absolute Gasteiger partial charge is 0.462 e. The second kappa shape index (κ2) is 68.1. The van der Waals surface area contributed by atoms with Crippen molar-refractivity contribution in [1.29, 1.82) is 0 Å². The van der Waals surface area contributed by atoms with E-state index >= 15 is 0 Å². The van der Waals surface area contributed by atoms with Gasteiger partial charge in [-0.25, -0.2) is 0 Å². The fourth-order valence-electron chi connectivity index (χ4n) is 9.18. The van der Waals surface area contributed by atoms with E-state index in [0.29, 0.717) is 19.3 Å². The molecule has 0 aromatic rings. The van der Waals surface area contributed by atoms with Crippen LogP contribution in [0.5, 0.6) is 0 Å². The van der Waals surface area contributed by atoms with Crippen LogP contribution in [0.4, 0.5) is 0 Å². The first-order valence-corrected chi connectivity index (χ1v) is 33.7. The molecule has 0 spiro atoms. The Balaban J connectivity index is 4.41. The molecule has 0 aromatic carbocycles. The van der Waals surface area contributed by atoms with Crippen LogP contribution >= 0.6 is 0 Å². The highest BCUT2D eigenvalue weighted by molar-refractivity contribution is 5.71. The lowest BCUT2D eigenvalue weighted by Crippen LogP contribution is -2.30. The minimum Gasteiger partial charge on any atom is -0.462 e. The summed E-state index contributed by atoms with van der Waals surface area (Å²) in [6.45, 7) is 6.40. The standard InChI is InChI=1S/C75H124O6/c1-4-7-10-13-16-19-22-25-28-30-32-33-34-35-36-37-38-39-40-41-43-44-47-50-53-56-59-62-65-68-74(77)80-71-72(70-79-73(76)67-64-61-58-55-52-49-46-27-24-21-18-15-12-9-6-3)81-75(78)69-66-63-60-57-54-51-48-45-42-31-29-26-23-20-17-14-11-8-5-2/h7,9-10,12,16,18-19,21,25,27-28,32-33,35-36,38-39,41,43,46-47,50,72H,4-6,8,11,13-15,17,20,22-24,26,29-31,34,37,40,42,44-45,48-49,51-71H2,1-3H3/b10-7-,12-9-,19-16-,21-18-,28-25-,33-32-,36-35-,39-38-,43-41-,46-27-,50-47-. The Kier molecular flexibility index (Phi) is 64.3. The molecular formula is C75H124O6. The van der Waals surface area contributed by atoms with Gasteiger partial charge in [0.2, 0.25) is 0 Å². The van der Waals surface area contributed by atoms with Gasteiger partial charge in [-0.3, -0.25) is 14.4 Å². The Labute approximate surface area is 500 Å². The topological polar surface area (TPSA) is 78.9 Å². The monoisotopic (exact) mass is 1120 g/mol. The van der Waals surface area contributed by atoms with Gasteiger partial charge < -0.3 is 14.2 Å². The quantitative estimate of drug-likeness (QED) is 0.0261. The van der Waals surface area contributed by atoms with Crippen molar-refractivity contribution in [2.45, 2.75) is 309 Å². The molecule has 0 aliphatic heterocycles. The van der Waals surface area contributed by atoms with Crippen molar-refractivity contribution >= 4 is 17.9 Å². The van der Waals surface area contributed by atoms with Crippen molar-refractivity contribution in [2.24, 2.45) is 0 Å². The van der Waals surface area contributed by atoms with Gasteiger partial charge in [0.1, 0.15) is 13.2 Å². The first-order chi connectivity index (χ1) is 40.0. The number of ether oxygens (including phenoxy) is 3. The molecule has 81 heavy (non-hydrogen) atoms. The van der Waals surface area contributed by atoms with Gasteiger partial charge in [0.15, 0.2) is 6.10 Å². The lowest BCUT2D eigenvalue weighted by Gasteiger charge is -2.18. The van der Waals surface area contributed by atoms with Gasteiger partial charge in [0, 0.05) is 19.3 Å². The van der Waals surface area contributed by atoms with E-state index in [-0.39, 0.29) is 31.1 Å². The molecule has 0 N–H and O–H groups in total. The third kappa shape index (κ3) is 66.2. The minimum absolute atomic E-state index is 0.0964. The summed E-state index contributed by atoms with van der Waals surface area (Å²) in [6.07, 6.45) is 96.0. The van der Waals surface area contributed by atoms with Gasteiger partial charge in [-0.2, -0.15) is 0 Å². The van der Waals surface area contributed by atoms with E-state index in [1.54, 1.807) is 0 Å². The Morgan fingerprint density at radius 1 is 0.259 bits per heavy atom. The Hall–Kier alpha value is -4.45. The molecule has 1 unspecified atom stereocenters. The van der Waals surface area contributed by atoms with Crippen LogP contribution < -0.4 is 0 Å². The average molecular weight is 1120 g/mol. The van der Waals surface area contributed by atoms with E-state index in [0.717, 1.165) is 161 Å². The molecule has 0 amide bonds. The summed E-state index contributed by atoms with van der Waals surface area (Å²) in [5.74, 6) is -0.929. The SMILES string of the molecule is CC/C=C\C/C=C\C/C=C\C/C=C\C/C=C\C/C=C\C/C=C\C/C=C\CCCCCCC(=O)OCC(COC(=O)CCCCCCC/C=C\C/C=C\C/C=C\CC)OC(=O)CCCCCCCCCCCCCCCCCCCCC. The lowest BCUT2D eigenvalue weighted by atomic mass is 10.0. The summed E-state index contributed by atoms with van der Waals surface area (Å²) >= 11 is 0. The summed E-state index contributed by atoms with van der Waals surface area (Å²) in [4.78, 5) is 38.4. The van der Waals surface area contributed by atoms with E-state index in [1.807, 2.05) is 0 Å². The fourth-order valence-corrected chi connectivity index (χ4v) is 9.18. The number of unbranched alkanes of at least 4 members (excludes halogenated alkanes) is 27.